The molecule has 3 rings (SSSR count). The zero-order valence-corrected chi connectivity index (χ0v) is 16.4. The molecule has 0 fully saturated rings. The van der Waals surface area contributed by atoms with Gasteiger partial charge in [0, 0.05) is 18.0 Å². The van der Waals surface area contributed by atoms with Gasteiger partial charge in [0.1, 0.15) is 9.90 Å². The third-order valence-electron chi connectivity index (χ3n) is 4.15. The van der Waals surface area contributed by atoms with Crippen LogP contribution in [-0.4, -0.2) is 34.1 Å². The van der Waals surface area contributed by atoms with Gasteiger partial charge in [-0.15, -0.1) is 11.3 Å². The van der Waals surface area contributed by atoms with Gasteiger partial charge in [0.15, 0.2) is 0 Å². The number of benzene rings is 1. The fraction of sp³-hybridized carbons (Fsp3) is 0.353. The Morgan fingerprint density at radius 2 is 2.00 bits per heavy atom. The number of hydrogen-bond acceptors (Lipinski definition) is 7. The standard InChI is InChI=1S/C17H21N3O4S2/c1-4-24-17(21)14-10(2)11(3)25-16(14)20-26(22,23)13-7-5-6-12-15(13)19-9-8-18-12/h5-7,18-20H,4,8-9H2,1-3H3. The fourth-order valence-corrected chi connectivity index (χ4v) is 5.35. The predicted molar refractivity (Wildman–Crippen MR) is 104 cm³/mol. The van der Waals surface area contributed by atoms with Crippen molar-refractivity contribution in [1.82, 2.24) is 0 Å². The first-order valence-corrected chi connectivity index (χ1v) is 10.6. The molecule has 0 spiro atoms. The first kappa shape index (κ1) is 18.5. The summed E-state index contributed by atoms with van der Waals surface area (Å²) in [6.07, 6.45) is 0. The maximum absolute atomic E-state index is 13.0. The van der Waals surface area contributed by atoms with E-state index in [1.807, 2.05) is 13.0 Å². The van der Waals surface area contributed by atoms with E-state index < -0.39 is 16.0 Å². The Hall–Kier alpha value is -2.26. The van der Waals surface area contributed by atoms with Gasteiger partial charge in [-0.1, -0.05) is 6.07 Å². The van der Waals surface area contributed by atoms with E-state index in [4.69, 9.17) is 4.74 Å². The SMILES string of the molecule is CCOC(=O)c1c(NS(=O)(=O)c2cccc3c2NCCN3)sc(C)c1C. The number of thiophene rings is 1. The Bertz CT molecular complexity index is 951. The van der Waals surface area contributed by atoms with Crippen LogP contribution >= 0.6 is 11.3 Å². The van der Waals surface area contributed by atoms with Gasteiger partial charge < -0.3 is 15.4 Å². The van der Waals surface area contributed by atoms with Crippen molar-refractivity contribution >= 4 is 43.7 Å². The Morgan fingerprint density at radius 1 is 1.27 bits per heavy atom. The zero-order chi connectivity index (χ0) is 18.9. The molecule has 26 heavy (non-hydrogen) atoms. The summed E-state index contributed by atoms with van der Waals surface area (Å²) >= 11 is 1.23. The minimum Gasteiger partial charge on any atom is -0.462 e. The fourth-order valence-electron chi connectivity index (χ4n) is 2.79. The average molecular weight is 396 g/mol. The third-order valence-corrected chi connectivity index (χ3v) is 6.79. The van der Waals surface area contributed by atoms with Gasteiger partial charge in [0.25, 0.3) is 10.0 Å². The molecule has 0 atom stereocenters. The topological polar surface area (TPSA) is 96.5 Å². The molecule has 2 heterocycles. The predicted octanol–water partition coefficient (Wildman–Crippen LogP) is 3.18. The van der Waals surface area contributed by atoms with Crippen molar-refractivity contribution in [3.8, 4) is 0 Å². The van der Waals surface area contributed by atoms with Crippen molar-refractivity contribution in [1.29, 1.82) is 0 Å². The van der Waals surface area contributed by atoms with E-state index >= 15 is 0 Å². The van der Waals surface area contributed by atoms with Crippen molar-refractivity contribution in [2.75, 3.05) is 35.1 Å². The molecule has 3 N–H and O–H groups in total. The largest absolute Gasteiger partial charge is 0.462 e. The van der Waals surface area contributed by atoms with Crippen LogP contribution in [0.4, 0.5) is 16.4 Å². The first-order chi connectivity index (χ1) is 12.3. The van der Waals surface area contributed by atoms with E-state index in [1.165, 1.54) is 11.3 Å². The number of nitrogens with one attached hydrogen (secondary N) is 3. The molecule has 1 aliphatic rings. The van der Waals surface area contributed by atoms with Crippen LogP contribution in [0.1, 0.15) is 27.7 Å². The number of carbonyl (C=O) groups is 1. The van der Waals surface area contributed by atoms with Crippen LogP contribution in [0.3, 0.4) is 0 Å². The molecule has 1 aromatic heterocycles. The van der Waals surface area contributed by atoms with Crippen LogP contribution in [0.2, 0.25) is 0 Å². The maximum atomic E-state index is 13.0. The van der Waals surface area contributed by atoms with E-state index in [0.717, 1.165) is 22.7 Å². The van der Waals surface area contributed by atoms with Gasteiger partial charge in [0.2, 0.25) is 0 Å². The molecule has 0 amide bonds. The van der Waals surface area contributed by atoms with Gasteiger partial charge >= 0.3 is 5.97 Å². The molecule has 1 aromatic carbocycles. The van der Waals surface area contributed by atoms with E-state index in [0.29, 0.717) is 12.2 Å². The number of rotatable bonds is 5. The highest BCUT2D eigenvalue weighted by atomic mass is 32.2. The van der Waals surface area contributed by atoms with Crippen molar-refractivity contribution in [2.45, 2.75) is 25.7 Å². The highest BCUT2D eigenvalue weighted by Gasteiger charge is 2.27. The number of esters is 1. The Labute approximate surface area is 156 Å². The molecule has 140 valence electrons. The molecule has 0 bridgehead atoms. The summed E-state index contributed by atoms with van der Waals surface area (Å²) < 4.78 is 33.7. The summed E-state index contributed by atoms with van der Waals surface area (Å²) in [6, 6.07) is 5.05. The molecule has 9 heteroatoms. The van der Waals surface area contributed by atoms with Crippen LogP contribution in [0.5, 0.6) is 0 Å². The average Bonchev–Trinajstić information content (AvgIpc) is 2.87. The number of para-hydroxylation sites is 1. The number of fused-ring (bicyclic) bond motifs is 1. The molecular weight excluding hydrogens is 374 g/mol. The number of carbonyl (C=O) groups excluding carboxylic acids is 1. The first-order valence-electron chi connectivity index (χ1n) is 8.25. The molecule has 0 unspecified atom stereocenters. The zero-order valence-electron chi connectivity index (χ0n) is 14.8. The van der Waals surface area contributed by atoms with E-state index in [9.17, 15) is 13.2 Å². The van der Waals surface area contributed by atoms with Gasteiger partial charge in [-0.2, -0.15) is 0 Å². The van der Waals surface area contributed by atoms with Gasteiger partial charge in [-0.3, -0.25) is 4.72 Å². The summed E-state index contributed by atoms with van der Waals surface area (Å²) in [5.74, 6) is -0.526. The number of sulfonamides is 1. The normalized spacial score (nSPS) is 13.3. The number of hydrogen-bond donors (Lipinski definition) is 3. The van der Waals surface area contributed by atoms with E-state index in [2.05, 4.69) is 15.4 Å². The molecule has 0 saturated carbocycles. The van der Waals surface area contributed by atoms with Gasteiger partial charge in [-0.05, 0) is 38.5 Å². The van der Waals surface area contributed by atoms with E-state index in [1.54, 1.807) is 26.0 Å². The monoisotopic (exact) mass is 395 g/mol. The Kier molecular flexibility index (Phi) is 5.10. The molecule has 0 aliphatic carbocycles. The lowest BCUT2D eigenvalue weighted by molar-refractivity contribution is 0.0527. The lowest BCUT2D eigenvalue weighted by Gasteiger charge is -2.22. The summed E-state index contributed by atoms with van der Waals surface area (Å²) in [6.45, 7) is 6.92. The van der Waals surface area contributed by atoms with E-state index in [-0.39, 0.29) is 22.1 Å². The smallest absolute Gasteiger partial charge is 0.341 e. The van der Waals surface area contributed by atoms with Crippen molar-refractivity contribution in [3.05, 3.63) is 34.2 Å². The second-order valence-corrected chi connectivity index (χ2v) is 8.72. The van der Waals surface area contributed by atoms with Gasteiger partial charge in [-0.25, -0.2) is 13.2 Å². The van der Waals surface area contributed by atoms with Crippen LogP contribution < -0.4 is 15.4 Å². The molecule has 7 nitrogen and oxygen atoms in total. The lowest BCUT2D eigenvalue weighted by atomic mass is 10.2. The quantitative estimate of drug-likeness (QED) is 0.673. The minimum absolute atomic E-state index is 0.140. The van der Waals surface area contributed by atoms with Crippen LogP contribution in [-0.2, 0) is 14.8 Å². The summed E-state index contributed by atoms with van der Waals surface area (Å²) in [7, 11) is -3.88. The summed E-state index contributed by atoms with van der Waals surface area (Å²) in [4.78, 5) is 13.3. The number of ether oxygens (including phenoxy) is 1. The highest BCUT2D eigenvalue weighted by molar-refractivity contribution is 7.93. The minimum atomic E-state index is -3.88. The van der Waals surface area contributed by atoms with Crippen molar-refractivity contribution in [3.63, 3.8) is 0 Å². The van der Waals surface area contributed by atoms with Crippen LogP contribution in [0.15, 0.2) is 23.1 Å². The van der Waals surface area contributed by atoms with Crippen molar-refractivity contribution in [2.24, 2.45) is 0 Å². The molecule has 0 saturated heterocycles. The molecular formula is C17H21N3O4S2. The molecule has 1 aliphatic heterocycles. The summed E-state index contributed by atoms with van der Waals surface area (Å²) in [5, 5.41) is 6.58. The molecule has 0 radical (unpaired) electrons. The second kappa shape index (κ2) is 7.16. The lowest BCUT2D eigenvalue weighted by Crippen LogP contribution is -2.24. The summed E-state index contributed by atoms with van der Waals surface area (Å²) in [5.41, 5.74) is 2.27. The maximum Gasteiger partial charge on any atom is 0.341 e. The number of aryl methyl sites for hydroxylation is 1. The van der Waals surface area contributed by atoms with Crippen LogP contribution in [0.25, 0.3) is 0 Å². The molecule has 2 aromatic rings. The van der Waals surface area contributed by atoms with Crippen LogP contribution in [0, 0.1) is 13.8 Å². The van der Waals surface area contributed by atoms with Crippen molar-refractivity contribution < 1.29 is 17.9 Å². The van der Waals surface area contributed by atoms with Gasteiger partial charge in [0.05, 0.1) is 23.5 Å². The highest BCUT2D eigenvalue weighted by Crippen LogP contribution is 2.37. The second-order valence-electron chi connectivity index (χ2n) is 5.85. The Balaban J connectivity index is 2.02. The number of anilines is 3. The Morgan fingerprint density at radius 3 is 2.73 bits per heavy atom. The third kappa shape index (κ3) is 3.36.